The van der Waals surface area contributed by atoms with Gasteiger partial charge in [-0.25, -0.2) is 4.79 Å². The van der Waals surface area contributed by atoms with Crippen LogP contribution < -0.4 is 5.56 Å². The number of carbonyl (C=O) groups is 1. The van der Waals surface area contributed by atoms with Crippen LogP contribution in [0.2, 0.25) is 0 Å². The fourth-order valence-corrected chi connectivity index (χ4v) is 3.16. The van der Waals surface area contributed by atoms with E-state index >= 15 is 0 Å². The molecule has 0 unspecified atom stereocenters. The lowest BCUT2D eigenvalue weighted by atomic mass is 9.95. The largest absolute Gasteiger partial charge is 0.477 e. The molecule has 1 N–H and O–H groups in total. The number of hydrogen-bond donors (Lipinski definition) is 1. The van der Waals surface area contributed by atoms with Crippen LogP contribution >= 0.6 is 0 Å². The van der Waals surface area contributed by atoms with E-state index in [1.807, 2.05) is 30.3 Å². The van der Waals surface area contributed by atoms with Gasteiger partial charge in [-0.2, -0.15) is 0 Å². The first-order chi connectivity index (χ1) is 10.7. The third-order valence-corrected chi connectivity index (χ3v) is 4.25. The SMILES string of the molecule is O=C(O)c1cc2c(n(-c3ccccc3)c1=O)CCCCCC2. The second kappa shape index (κ2) is 6.18. The molecule has 3 rings (SSSR count). The van der Waals surface area contributed by atoms with Gasteiger partial charge in [-0.1, -0.05) is 31.0 Å². The van der Waals surface area contributed by atoms with E-state index in [-0.39, 0.29) is 5.56 Å². The highest BCUT2D eigenvalue weighted by Crippen LogP contribution is 2.22. The Morgan fingerprint density at radius 1 is 1.00 bits per heavy atom. The van der Waals surface area contributed by atoms with Crippen molar-refractivity contribution in [1.82, 2.24) is 4.57 Å². The Labute approximate surface area is 129 Å². The van der Waals surface area contributed by atoms with Gasteiger partial charge in [0.1, 0.15) is 5.56 Å². The molecule has 114 valence electrons. The van der Waals surface area contributed by atoms with Crippen LogP contribution in [0.1, 0.15) is 47.3 Å². The van der Waals surface area contributed by atoms with E-state index in [9.17, 15) is 14.7 Å². The molecule has 4 heteroatoms. The third kappa shape index (κ3) is 2.69. The van der Waals surface area contributed by atoms with Crippen LogP contribution in [-0.2, 0) is 12.8 Å². The zero-order chi connectivity index (χ0) is 15.5. The molecule has 0 atom stereocenters. The van der Waals surface area contributed by atoms with E-state index in [1.54, 1.807) is 10.6 Å². The van der Waals surface area contributed by atoms with E-state index in [0.717, 1.165) is 55.5 Å². The van der Waals surface area contributed by atoms with Crippen LogP contribution in [0, 0.1) is 0 Å². The summed E-state index contributed by atoms with van der Waals surface area (Å²) in [6, 6.07) is 10.9. The maximum absolute atomic E-state index is 12.7. The van der Waals surface area contributed by atoms with Crippen molar-refractivity contribution in [2.24, 2.45) is 0 Å². The Bertz CT molecular complexity index is 747. The molecule has 1 aliphatic carbocycles. The number of aryl methyl sites for hydroxylation is 1. The highest BCUT2D eigenvalue weighted by Gasteiger charge is 2.20. The normalized spacial score (nSPS) is 14.7. The molecule has 0 aliphatic heterocycles. The number of para-hydroxylation sites is 1. The number of carboxylic acid groups (broad SMARTS) is 1. The van der Waals surface area contributed by atoms with Gasteiger partial charge in [0.25, 0.3) is 5.56 Å². The Morgan fingerprint density at radius 2 is 1.68 bits per heavy atom. The van der Waals surface area contributed by atoms with E-state index in [1.165, 1.54) is 0 Å². The van der Waals surface area contributed by atoms with Crippen molar-refractivity contribution in [2.45, 2.75) is 38.5 Å². The predicted octanol–water partition coefficient (Wildman–Crippen LogP) is 3.19. The lowest BCUT2D eigenvalue weighted by molar-refractivity contribution is 0.0694. The minimum atomic E-state index is -1.15. The first-order valence-corrected chi connectivity index (χ1v) is 7.75. The standard InChI is InChI=1S/C18H19NO3/c20-17-15(18(21)22)12-13-8-4-1-2-7-11-16(13)19(17)14-9-5-3-6-10-14/h3,5-6,9-10,12H,1-2,4,7-8,11H2,(H,21,22). The van der Waals surface area contributed by atoms with Crippen molar-refractivity contribution in [3.05, 3.63) is 63.6 Å². The van der Waals surface area contributed by atoms with Crippen molar-refractivity contribution < 1.29 is 9.90 Å². The average molecular weight is 297 g/mol. The van der Waals surface area contributed by atoms with Crippen molar-refractivity contribution in [3.63, 3.8) is 0 Å². The zero-order valence-corrected chi connectivity index (χ0v) is 12.4. The van der Waals surface area contributed by atoms with Gasteiger partial charge in [0.2, 0.25) is 0 Å². The Hall–Kier alpha value is -2.36. The molecule has 0 amide bonds. The molecular formula is C18H19NO3. The number of nitrogens with zero attached hydrogens (tertiary/aromatic N) is 1. The summed E-state index contributed by atoms with van der Waals surface area (Å²) in [5.41, 5.74) is 2.15. The van der Waals surface area contributed by atoms with Crippen LogP contribution in [0.25, 0.3) is 5.69 Å². The molecule has 1 aromatic carbocycles. The lowest BCUT2D eigenvalue weighted by Crippen LogP contribution is -2.29. The second-order valence-corrected chi connectivity index (χ2v) is 5.73. The van der Waals surface area contributed by atoms with E-state index in [0.29, 0.717) is 0 Å². The van der Waals surface area contributed by atoms with Crippen LogP contribution in [0.3, 0.4) is 0 Å². The zero-order valence-electron chi connectivity index (χ0n) is 12.4. The Morgan fingerprint density at radius 3 is 2.36 bits per heavy atom. The predicted molar refractivity (Wildman–Crippen MR) is 84.9 cm³/mol. The minimum absolute atomic E-state index is 0.136. The maximum Gasteiger partial charge on any atom is 0.341 e. The van der Waals surface area contributed by atoms with Gasteiger partial charge in [-0.05, 0) is 49.4 Å². The van der Waals surface area contributed by atoms with Crippen molar-refractivity contribution >= 4 is 5.97 Å². The highest BCUT2D eigenvalue weighted by molar-refractivity contribution is 5.87. The molecule has 0 spiro atoms. The third-order valence-electron chi connectivity index (χ3n) is 4.25. The molecule has 1 aromatic heterocycles. The number of hydrogen-bond acceptors (Lipinski definition) is 2. The van der Waals surface area contributed by atoms with Crippen molar-refractivity contribution in [1.29, 1.82) is 0 Å². The monoisotopic (exact) mass is 297 g/mol. The number of aromatic nitrogens is 1. The van der Waals surface area contributed by atoms with E-state index in [4.69, 9.17) is 0 Å². The first kappa shape index (κ1) is 14.6. The van der Waals surface area contributed by atoms with Crippen LogP contribution in [0.5, 0.6) is 0 Å². The summed E-state index contributed by atoms with van der Waals surface area (Å²) in [5, 5.41) is 9.35. The first-order valence-electron chi connectivity index (χ1n) is 7.75. The maximum atomic E-state index is 12.7. The quantitative estimate of drug-likeness (QED) is 0.926. The Balaban J connectivity index is 2.29. The minimum Gasteiger partial charge on any atom is -0.477 e. The van der Waals surface area contributed by atoms with Gasteiger partial charge in [-0.15, -0.1) is 0 Å². The fourth-order valence-electron chi connectivity index (χ4n) is 3.16. The molecule has 0 saturated heterocycles. The Kier molecular flexibility index (Phi) is 4.09. The number of fused-ring (bicyclic) bond motifs is 1. The van der Waals surface area contributed by atoms with Gasteiger partial charge in [0, 0.05) is 11.4 Å². The molecule has 2 aromatic rings. The molecule has 0 radical (unpaired) electrons. The summed E-state index contributed by atoms with van der Waals surface area (Å²) >= 11 is 0. The summed E-state index contributed by atoms with van der Waals surface area (Å²) in [6.45, 7) is 0. The summed E-state index contributed by atoms with van der Waals surface area (Å²) in [5.74, 6) is -1.15. The number of benzene rings is 1. The number of rotatable bonds is 2. The molecule has 4 nitrogen and oxygen atoms in total. The summed E-state index contributed by atoms with van der Waals surface area (Å²) in [6.07, 6.45) is 6.04. The van der Waals surface area contributed by atoms with Gasteiger partial charge < -0.3 is 5.11 Å². The van der Waals surface area contributed by atoms with E-state index in [2.05, 4.69) is 0 Å². The molecule has 1 aliphatic rings. The number of aromatic carboxylic acids is 1. The lowest BCUT2D eigenvalue weighted by Gasteiger charge is -2.20. The number of pyridine rings is 1. The summed E-state index contributed by atoms with van der Waals surface area (Å²) < 4.78 is 1.60. The summed E-state index contributed by atoms with van der Waals surface area (Å²) in [4.78, 5) is 24.1. The fraction of sp³-hybridized carbons (Fsp3) is 0.333. The number of carboxylic acids is 1. The molecule has 0 fully saturated rings. The van der Waals surface area contributed by atoms with Gasteiger partial charge in [0.15, 0.2) is 0 Å². The van der Waals surface area contributed by atoms with Crippen LogP contribution in [-0.4, -0.2) is 15.6 Å². The summed E-state index contributed by atoms with van der Waals surface area (Å²) in [7, 11) is 0. The van der Waals surface area contributed by atoms with Crippen LogP contribution in [0.15, 0.2) is 41.2 Å². The average Bonchev–Trinajstić information content (AvgIpc) is 2.49. The van der Waals surface area contributed by atoms with Gasteiger partial charge in [-0.3, -0.25) is 9.36 Å². The molecule has 0 bridgehead atoms. The van der Waals surface area contributed by atoms with E-state index < -0.39 is 11.5 Å². The molecule has 22 heavy (non-hydrogen) atoms. The molecular weight excluding hydrogens is 278 g/mol. The second-order valence-electron chi connectivity index (χ2n) is 5.73. The topological polar surface area (TPSA) is 59.3 Å². The van der Waals surface area contributed by atoms with Crippen molar-refractivity contribution in [2.75, 3.05) is 0 Å². The highest BCUT2D eigenvalue weighted by atomic mass is 16.4. The smallest absolute Gasteiger partial charge is 0.341 e. The molecule has 1 heterocycles. The van der Waals surface area contributed by atoms with Crippen LogP contribution in [0.4, 0.5) is 0 Å². The van der Waals surface area contributed by atoms with Crippen molar-refractivity contribution in [3.8, 4) is 5.69 Å². The van der Waals surface area contributed by atoms with Gasteiger partial charge in [0.05, 0.1) is 0 Å². The molecule has 0 saturated carbocycles. The van der Waals surface area contributed by atoms with Gasteiger partial charge >= 0.3 is 5.97 Å².